The highest BCUT2D eigenvalue weighted by atomic mass is 19.1. The Morgan fingerprint density at radius 3 is 2.92 bits per heavy atom. The first-order chi connectivity index (χ1) is 12.6. The van der Waals surface area contributed by atoms with Crippen molar-refractivity contribution in [2.45, 2.75) is 51.0 Å². The lowest BCUT2D eigenvalue weighted by atomic mass is 9.96. The molecule has 0 radical (unpaired) electrons. The number of guanidine groups is 1. The minimum absolute atomic E-state index is 0.269. The minimum atomic E-state index is -0.269. The molecule has 138 valence electrons. The molecule has 2 aromatic rings. The summed E-state index contributed by atoms with van der Waals surface area (Å²) < 4.78 is 22.1. The molecule has 2 fully saturated rings. The van der Waals surface area contributed by atoms with Crippen LogP contribution < -0.4 is 10.6 Å². The van der Waals surface area contributed by atoms with Gasteiger partial charge < -0.3 is 19.9 Å². The van der Waals surface area contributed by atoms with Gasteiger partial charge in [-0.15, -0.1) is 0 Å². The molecule has 7 heteroatoms. The Balaban J connectivity index is 1.38. The SMILES string of the molecule is CN=C(NCc1ccc(-n2ccnc2C)c(F)c1)NC1CC2CCC1O2. The lowest BCUT2D eigenvalue weighted by Gasteiger charge is -2.22. The van der Waals surface area contributed by atoms with Crippen LogP contribution >= 0.6 is 0 Å². The molecule has 4 rings (SSSR count). The minimum Gasteiger partial charge on any atom is -0.373 e. The lowest BCUT2D eigenvalue weighted by molar-refractivity contribution is 0.0992. The van der Waals surface area contributed by atoms with Crippen molar-refractivity contribution in [1.82, 2.24) is 20.2 Å². The maximum absolute atomic E-state index is 14.5. The van der Waals surface area contributed by atoms with Gasteiger partial charge in [0, 0.05) is 26.0 Å². The number of imidazole rings is 1. The number of aryl methyl sites for hydroxylation is 1. The monoisotopic (exact) mass is 357 g/mol. The second-order valence-electron chi connectivity index (χ2n) is 6.92. The third kappa shape index (κ3) is 3.31. The second kappa shape index (κ2) is 7.07. The topological polar surface area (TPSA) is 63.5 Å². The number of hydrogen-bond donors (Lipinski definition) is 2. The van der Waals surface area contributed by atoms with Crippen LogP contribution in [0.5, 0.6) is 0 Å². The molecule has 0 spiro atoms. The first-order valence-electron chi connectivity index (χ1n) is 9.05. The molecule has 2 saturated heterocycles. The predicted octanol–water partition coefficient (Wildman–Crippen LogP) is 2.30. The molecule has 26 heavy (non-hydrogen) atoms. The molecule has 6 nitrogen and oxygen atoms in total. The Kier molecular flexibility index (Phi) is 4.63. The van der Waals surface area contributed by atoms with Gasteiger partial charge >= 0.3 is 0 Å². The van der Waals surface area contributed by atoms with E-state index in [1.165, 1.54) is 0 Å². The summed E-state index contributed by atoms with van der Waals surface area (Å²) in [5.41, 5.74) is 1.36. The zero-order valence-corrected chi connectivity index (χ0v) is 15.1. The summed E-state index contributed by atoms with van der Waals surface area (Å²) in [7, 11) is 1.74. The van der Waals surface area contributed by atoms with Gasteiger partial charge in [-0.2, -0.15) is 0 Å². The molecule has 1 aromatic heterocycles. The van der Waals surface area contributed by atoms with Crippen molar-refractivity contribution in [3.05, 3.63) is 47.8 Å². The average Bonchev–Trinajstić information content (AvgIpc) is 3.36. The zero-order chi connectivity index (χ0) is 18.1. The number of halogens is 1. The number of hydrogen-bond acceptors (Lipinski definition) is 3. The molecular weight excluding hydrogens is 333 g/mol. The van der Waals surface area contributed by atoms with Gasteiger partial charge in [0.2, 0.25) is 0 Å². The normalized spacial score (nSPS) is 24.9. The maximum Gasteiger partial charge on any atom is 0.191 e. The Morgan fingerprint density at radius 2 is 2.31 bits per heavy atom. The average molecular weight is 357 g/mol. The van der Waals surface area contributed by atoms with Gasteiger partial charge in [-0.05, 0) is 43.9 Å². The summed E-state index contributed by atoms with van der Waals surface area (Å²) in [4.78, 5) is 8.42. The molecule has 2 aliphatic heterocycles. The fraction of sp³-hybridized carbons (Fsp3) is 0.474. The van der Waals surface area contributed by atoms with E-state index in [0.29, 0.717) is 24.4 Å². The van der Waals surface area contributed by atoms with Crippen LogP contribution in [0, 0.1) is 12.7 Å². The maximum atomic E-state index is 14.5. The van der Waals surface area contributed by atoms with Gasteiger partial charge in [-0.1, -0.05) is 6.07 Å². The highest BCUT2D eigenvalue weighted by Crippen LogP contribution is 2.34. The predicted molar refractivity (Wildman–Crippen MR) is 97.9 cm³/mol. The highest BCUT2D eigenvalue weighted by molar-refractivity contribution is 5.80. The summed E-state index contributed by atoms with van der Waals surface area (Å²) in [5.74, 6) is 1.21. The van der Waals surface area contributed by atoms with Gasteiger partial charge in [0.1, 0.15) is 11.6 Å². The van der Waals surface area contributed by atoms with E-state index in [-0.39, 0.29) is 11.9 Å². The Hall–Kier alpha value is -2.41. The van der Waals surface area contributed by atoms with Crippen molar-refractivity contribution >= 4 is 5.96 Å². The van der Waals surface area contributed by atoms with Crippen LogP contribution in [0.25, 0.3) is 5.69 Å². The van der Waals surface area contributed by atoms with Gasteiger partial charge in [-0.3, -0.25) is 4.99 Å². The summed E-state index contributed by atoms with van der Waals surface area (Å²) >= 11 is 0. The van der Waals surface area contributed by atoms with Crippen LogP contribution in [0.2, 0.25) is 0 Å². The third-order valence-electron chi connectivity index (χ3n) is 5.21. The standard InChI is InChI=1S/C19H24FN5O/c1-12-22-7-8-25(12)17-5-3-13(9-15(17)20)11-23-19(21-2)24-16-10-14-4-6-18(16)26-14/h3,5,7-9,14,16,18H,4,6,10-11H2,1-2H3,(H2,21,23,24). The van der Waals surface area contributed by atoms with Crippen molar-refractivity contribution < 1.29 is 9.13 Å². The first-order valence-corrected chi connectivity index (χ1v) is 9.05. The van der Waals surface area contributed by atoms with Crippen molar-refractivity contribution in [1.29, 1.82) is 0 Å². The molecule has 2 aliphatic rings. The largest absolute Gasteiger partial charge is 0.373 e. The Labute approximate surface area is 152 Å². The molecule has 2 bridgehead atoms. The summed E-state index contributed by atoms with van der Waals surface area (Å²) in [6.45, 7) is 2.35. The van der Waals surface area contributed by atoms with Crippen molar-refractivity contribution in [3.8, 4) is 5.69 Å². The molecule has 1 aromatic carbocycles. The number of aliphatic imine (C=N–C) groups is 1. The van der Waals surface area contributed by atoms with E-state index in [1.807, 2.05) is 13.0 Å². The van der Waals surface area contributed by atoms with Gasteiger partial charge in [-0.25, -0.2) is 9.37 Å². The first kappa shape index (κ1) is 17.0. The quantitative estimate of drug-likeness (QED) is 0.651. The van der Waals surface area contributed by atoms with Gasteiger partial charge in [0.15, 0.2) is 5.96 Å². The van der Waals surface area contributed by atoms with E-state index in [1.54, 1.807) is 36.1 Å². The number of ether oxygens (including phenoxy) is 1. The van der Waals surface area contributed by atoms with Gasteiger partial charge in [0.25, 0.3) is 0 Å². The van der Waals surface area contributed by atoms with Crippen LogP contribution in [0.15, 0.2) is 35.6 Å². The van der Waals surface area contributed by atoms with E-state index in [9.17, 15) is 4.39 Å². The number of rotatable bonds is 4. The number of aromatic nitrogens is 2. The van der Waals surface area contributed by atoms with E-state index < -0.39 is 0 Å². The van der Waals surface area contributed by atoms with Crippen LogP contribution in [0.4, 0.5) is 4.39 Å². The van der Waals surface area contributed by atoms with Crippen molar-refractivity contribution in [3.63, 3.8) is 0 Å². The van der Waals surface area contributed by atoms with E-state index in [2.05, 4.69) is 20.6 Å². The molecule has 2 N–H and O–H groups in total. The van der Waals surface area contributed by atoms with E-state index in [0.717, 1.165) is 36.6 Å². The third-order valence-corrected chi connectivity index (χ3v) is 5.21. The Bertz CT molecular complexity index is 818. The number of nitrogens with zero attached hydrogens (tertiary/aromatic N) is 3. The summed E-state index contributed by atoms with van der Waals surface area (Å²) in [6, 6.07) is 5.55. The van der Waals surface area contributed by atoms with Crippen LogP contribution in [0.3, 0.4) is 0 Å². The smallest absolute Gasteiger partial charge is 0.191 e. The Morgan fingerprint density at radius 1 is 1.42 bits per heavy atom. The molecule has 0 aliphatic carbocycles. The van der Waals surface area contributed by atoms with Gasteiger partial charge in [0.05, 0.1) is 23.9 Å². The van der Waals surface area contributed by atoms with Crippen LogP contribution in [-0.4, -0.2) is 40.8 Å². The lowest BCUT2D eigenvalue weighted by Crippen LogP contribution is -2.47. The van der Waals surface area contributed by atoms with Crippen molar-refractivity contribution in [2.75, 3.05) is 7.05 Å². The second-order valence-corrected chi connectivity index (χ2v) is 6.92. The fourth-order valence-corrected chi connectivity index (χ4v) is 3.83. The summed E-state index contributed by atoms with van der Waals surface area (Å²) in [5, 5.41) is 6.69. The molecular formula is C19H24FN5O. The summed E-state index contributed by atoms with van der Waals surface area (Å²) in [6.07, 6.45) is 7.40. The van der Waals surface area contributed by atoms with Crippen molar-refractivity contribution in [2.24, 2.45) is 4.99 Å². The molecule has 0 amide bonds. The molecule has 3 atom stereocenters. The highest BCUT2D eigenvalue weighted by Gasteiger charge is 2.41. The number of fused-ring (bicyclic) bond motifs is 2. The molecule has 3 heterocycles. The van der Waals surface area contributed by atoms with Crippen LogP contribution in [0.1, 0.15) is 30.7 Å². The van der Waals surface area contributed by atoms with E-state index in [4.69, 9.17) is 4.74 Å². The van der Waals surface area contributed by atoms with Crippen LogP contribution in [-0.2, 0) is 11.3 Å². The zero-order valence-electron chi connectivity index (χ0n) is 15.1. The number of nitrogens with one attached hydrogen (secondary N) is 2. The molecule has 0 saturated carbocycles. The van der Waals surface area contributed by atoms with E-state index >= 15 is 0 Å². The fourth-order valence-electron chi connectivity index (χ4n) is 3.83. The molecule has 3 unspecified atom stereocenters. The number of benzene rings is 1.